The Bertz CT molecular complexity index is 653. The molecule has 6 nitrogen and oxygen atoms in total. The summed E-state index contributed by atoms with van der Waals surface area (Å²) < 4.78 is 7.04. The molecule has 2 aromatic rings. The molecular formula is C18H25N3O3. The van der Waals surface area contributed by atoms with Gasteiger partial charge in [0.15, 0.2) is 0 Å². The molecule has 2 rings (SSSR count). The molecule has 0 aliphatic heterocycles. The minimum Gasteiger partial charge on any atom is -0.389 e. The molecule has 0 fully saturated rings. The Balaban J connectivity index is 1.90. The van der Waals surface area contributed by atoms with Crippen LogP contribution in [0, 0.1) is 12.8 Å². The fourth-order valence-corrected chi connectivity index (χ4v) is 2.20. The van der Waals surface area contributed by atoms with E-state index in [2.05, 4.69) is 10.4 Å². The number of hydrogen-bond donors (Lipinski definition) is 2. The molecule has 0 saturated carbocycles. The van der Waals surface area contributed by atoms with E-state index >= 15 is 0 Å². The maximum absolute atomic E-state index is 12.3. The zero-order valence-corrected chi connectivity index (χ0v) is 14.4. The molecule has 1 unspecified atom stereocenters. The van der Waals surface area contributed by atoms with Crippen molar-refractivity contribution < 1.29 is 14.6 Å². The quantitative estimate of drug-likeness (QED) is 0.775. The monoisotopic (exact) mass is 331 g/mol. The van der Waals surface area contributed by atoms with Crippen LogP contribution in [0.1, 0.15) is 29.9 Å². The third-order valence-electron chi connectivity index (χ3n) is 3.42. The number of amides is 1. The molecule has 0 bridgehead atoms. The van der Waals surface area contributed by atoms with Crippen molar-refractivity contribution in [1.82, 2.24) is 15.1 Å². The number of hydrogen-bond acceptors (Lipinski definition) is 4. The first kappa shape index (κ1) is 18.2. The van der Waals surface area contributed by atoms with E-state index in [1.54, 1.807) is 17.8 Å². The van der Waals surface area contributed by atoms with Crippen molar-refractivity contribution in [3.8, 4) is 5.69 Å². The Hall–Kier alpha value is -2.18. The number of carbonyl (C=O) groups is 1. The van der Waals surface area contributed by atoms with Gasteiger partial charge in [-0.25, -0.2) is 4.68 Å². The molecule has 1 aromatic carbocycles. The number of nitrogens with one attached hydrogen (secondary N) is 1. The topological polar surface area (TPSA) is 76.4 Å². The number of benzene rings is 1. The van der Waals surface area contributed by atoms with Gasteiger partial charge in [0, 0.05) is 19.3 Å². The van der Waals surface area contributed by atoms with Crippen LogP contribution >= 0.6 is 0 Å². The number of carbonyl (C=O) groups excluding carboxylic acids is 1. The van der Waals surface area contributed by atoms with Crippen molar-refractivity contribution in [2.24, 2.45) is 5.92 Å². The third-order valence-corrected chi connectivity index (χ3v) is 3.42. The Morgan fingerprint density at radius 2 is 2.00 bits per heavy atom. The van der Waals surface area contributed by atoms with Crippen LogP contribution in [-0.4, -0.2) is 46.7 Å². The normalized spacial score (nSPS) is 12.4. The van der Waals surface area contributed by atoms with Gasteiger partial charge in [-0.15, -0.1) is 0 Å². The van der Waals surface area contributed by atoms with E-state index in [0.717, 1.165) is 5.69 Å². The number of aromatic nitrogens is 2. The van der Waals surface area contributed by atoms with E-state index in [0.29, 0.717) is 23.8 Å². The van der Waals surface area contributed by atoms with Gasteiger partial charge in [0.25, 0.3) is 5.91 Å². The summed E-state index contributed by atoms with van der Waals surface area (Å²) in [5.74, 6) is 0.163. The molecule has 1 heterocycles. The van der Waals surface area contributed by atoms with Crippen LogP contribution in [0.4, 0.5) is 0 Å². The lowest BCUT2D eigenvalue weighted by molar-refractivity contribution is 0.0259. The number of nitrogens with zero attached hydrogens (tertiary/aromatic N) is 2. The SMILES string of the molecule is Cc1nn(-c2ccccc2)cc1C(=O)NCC(O)COCC(C)C. The highest BCUT2D eigenvalue weighted by Crippen LogP contribution is 2.11. The summed E-state index contributed by atoms with van der Waals surface area (Å²) in [4.78, 5) is 12.3. The smallest absolute Gasteiger partial charge is 0.254 e. The van der Waals surface area contributed by atoms with Gasteiger partial charge in [-0.1, -0.05) is 32.0 Å². The largest absolute Gasteiger partial charge is 0.389 e. The van der Waals surface area contributed by atoms with Crippen LogP contribution in [-0.2, 0) is 4.74 Å². The van der Waals surface area contributed by atoms with Gasteiger partial charge in [0.05, 0.1) is 29.7 Å². The maximum atomic E-state index is 12.3. The minimum absolute atomic E-state index is 0.146. The first-order valence-corrected chi connectivity index (χ1v) is 8.13. The van der Waals surface area contributed by atoms with Crippen LogP contribution in [0.15, 0.2) is 36.5 Å². The van der Waals surface area contributed by atoms with Gasteiger partial charge in [0.2, 0.25) is 0 Å². The predicted octanol–water partition coefficient (Wildman–Crippen LogP) is 1.94. The number of aliphatic hydroxyl groups is 1. The lowest BCUT2D eigenvalue weighted by Crippen LogP contribution is -2.35. The molecule has 24 heavy (non-hydrogen) atoms. The first-order chi connectivity index (χ1) is 11.5. The second kappa shape index (κ2) is 8.61. The van der Waals surface area contributed by atoms with Crippen LogP contribution < -0.4 is 5.32 Å². The predicted molar refractivity (Wildman–Crippen MR) is 92.3 cm³/mol. The second-order valence-corrected chi connectivity index (χ2v) is 6.20. The molecule has 0 radical (unpaired) electrons. The molecule has 0 aliphatic carbocycles. The van der Waals surface area contributed by atoms with Crippen LogP contribution in [0.3, 0.4) is 0 Å². The van der Waals surface area contributed by atoms with Crippen molar-refractivity contribution in [3.05, 3.63) is 47.8 Å². The third kappa shape index (κ3) is 5.18. The molecule has 0 saturated heterocycles. The average molecular weight is 331 g/mol. The number of ether oxygens (including phenoxy) is 1. The second-order valence-electron chi connectivity index (χ2n) is 6.20. The molecule has 0 spiro atoms. The summed E-state index contributed by atoms with van der Waals surface area (Å²) in [7, 11) is 0. The number of aryl methyl sites for hydroxylation is 1. The van der Waals surface area contributed by atoms with Gasteiger partial charge < -0.3 is 15.2 Å². The van der Waals surface area contributed by atoms with E-state index < -0.39 is 6.10 Å². The van der Waals surface area contributed by atoms with Crippen LogP contribution in [0.5, 0.6) is 0 Å². The number of aliphatic hydroxyl groups excluding tert-OH is 1. The lowest BCUT2D eigenvalue weighted by atomic mass is 10.2. The Labute approximate surface area is 142 Å². The fourth-order valence-electron chi connectivity index (χ4n) is 2.20. The summed E-state index contributed by atoms with van der Waals surface area (Å²) in [6.45, 7) is 6.82. The highest BCUT2D eigenvalue weighted by molar-refractivity contribution is 5.95. The molecule has 6 heteroatoms. The molecule has 2 N–H and O–H groups in total. The fraction of sp³-hybridized carbons (Fsp3) is 0.444. The standard InChI is InChI=1S/C18H25N3O3/c1-13(2)11-24-12-16(22)9-19-18(23)17-10-21(20-14(17)3)15-7-5-4-6-8-15/h4-8,10,13,16,22H,9,11-12H2,1-3H3,(H,19,23). The summed E-state index contributed by atoms with van der Waals surface area (Å²) in [5.41, 5.74) is 2.03. The van der Waals surface area contributed by atoms with Gasteiger partial charge in [-0.3, -0.25) is 4.79 Å². The first-order valence-electron chi connectivity index (χ1n) is 8.13. The number of para-hydroxylation sites is 1. The van der Waals surface area contributed by atoms with E-state index in [1.165, 1.54) is 0 Å². The van der Waals surface area contributed by atoms with Crippen molar-refractivity contribution in [3.63, 3.8) is 0 Å². The summed E-state index contributed by atoms with van der Waals surface area (Å²) in [6, 6.07) is 9.60. The zero-order valence-electron chi connectivity index (χ0n) is 14.4. The van der Waals surface area contributed by atoms with E-state index in [1.807, 2.05) is 44.2 Å². The van der Waals surface area contributed by atoms with Gasteiger partial charge in [0.1, 0.15) is 0 Å². The highest BCUT2D eigenvalue weighted by atomic mass is 16.5. The van der Waals surface area contributed by atoms with Gasteiger partial charge in [-0.05, 0) is 25.0 Å². The summed E-state index contributed by atoms with van der Waals surface area (Å²) >= 11 is 0. The molecule has 1 atom stereocenters. The maximum Gasteiger partial charge on any atom is 0.254 e. The number of rotatable bonds is 8. The Morgan fingerprint density at radius 1 is 1.29 bits per heavy atom. The van der Waals surface area contributed by atoms with Crippen LogP contribution in [0.25, 0.3) is 5.69 Å². The van der Waals surface area contributed by atoms with Crippen molar-refractivity contribution in [2.75, 3.05) is 19.8 Å². The Kier molecular flexibility index (Phi) is 6.52. The lowest BCUT2D eigenvalue weighted by Gasteiger charge is -2.13. The van der Waals surface area contributed by atoms with Crippen LogP contribution in [0.2, 0.25) is 0 Å². The van der Waals surface area contributed by atoms with Crippen molar-refractivity contribution >= 4 is 5.91 Å². The minimum atomic E-state index is -0.725. The highest BCUT2D eigenvalue weighted by Gasteiger charge is 2.15. The van der Waals surface area contributed by atoms with E-state index in [-0.39, 0.29) is 19.1 Å². The van der Waals surface area contributed by atoms with Crippen molar-refractivity contribution in [2.45, 2.75) is 26.9 Å². The summed E-state index contributed by atoms with van der Waals surface area (Å²) in [6.07, 6.45) is 0.971. The zero-order chi connectivity index (χ0) is 17.5. The molecular weight excluding hydrogens is 306 g/mol. The van der Waals surface area contributed by atoms with E-state index in [4.69, 9.17) is 4.74 Å². The molecule has 1 amide bonds. The summed E-state index contributed by atoms with van der Waals surface area (Å²) in [5, 5.41) is 16.9. The van der Waals surface area contributed by atoms with E-state index in [9.17, 15) is 9.90 Å². The Morgan fingerprint density at radius 3 is 2.67 bits per heavy atom. The molecule has 1 aromatic heterocycles. The molecule has 130 valence electrons. The average Bonchev–Trinajstić information content (AvgIpc) is 2.95. The van der Waals surface area contributed by atoms with Gasteiger partial charge in [-0.2, -0.15) is 5.10 Å². The van der Waals surface area contributed by atoms with Crippen molar-refractivity contribution in [1.29, 1.82) is 0 Å². The molecule has 0 aliphatic rings. The van der Waals surface area contributed by atoms with Gasteiger partial charge >= 0.3 is 0 Å².